The van der Waals surface area contributed by atoms with Crippen molar-refractivity contribution in [1.29, 1.82) is 0 Å². The van der Waals surface area contributed by atoms with Gasteiger partial charge in [0.2, 0.25) is 5.91 Å². The number of hydrogen-bond donors (Lipinski definition) is 2. The number of nitrogens with zero attached hydrogens (tertiary/aromatic N) is 2. The van der Waals surface area contributed by atoms with Gasteiger partial charge in [-0.1, -0.05) is 65.9 Å². The van der Waals surface area contributed by atoms with Crippen LogP contribution in [0.5, 0.6) is 0 Å². The number of nitro benzene ring substituents is 1. The van der Waals surface area contributed by atoms with Crippen LogP contribution in [0.15, 0.2) is 53.4 Å². The number of halogens is 1. The maximum atomic E-state index is 12.6. The Bertz CT molecular complexity index is 1150. The minimum Gasteiger partial charge on any atom is -0.292 e. The van der Waals surface area contributed by atoms with Crippen molar-refractivity contribution in [2.24, 2.45) is 0 Å². The third-order valence-electron chi connectivity index (χ3n) is 4.29. The lowest BCUT2D eigenvalue weighted by Crippen LogP contribution is -2.43. The minimum absolute atomic E-state index is 0.00226. The van der Waals surface area contributed by atoms with Gasteiger partial charge in [-0.15, -0.1) is 0 Å². The topological polar surface area (TPSA) is 122 Å². The summed E-state index contributed by atoms with van der Waals surface area (Å²) in [6.07, 6.45) is 1.48. The number of para-hydroxylation sites is 1. The van der Waals surface area contributed by atoms with Gasteiger partial charge in [-0.25, -0.2) is 0 Å². The Morgan fingerprint density at radius 2 is 1.84 bits per heavy atom. The number of nitrogens with one attached hydrogen (secondary N) is 2. The van der Waals surface area contributed by atoms with E-state index in [2.05, 4.69) is 10.9 Å². The molecule has 1 fully saturated rings. The van der Waals surface area contributed by atoms with Crippen molar-refractivity contribution in [3.63, 3.8) is 0 Å². The normalized spacial score (nSPS) is 14.5. The highest BCUT2D eigenvalue weighted by molar-refractivity contribution is 8.26. The van der Waals surface area contributed by atoms with E-state index in [1.54, 1.807) is 30.3 Å². The van der Waals surface area contributed by atoms with Crippen LogP contribution in [0.4, 0.5) is 5.69 Å². The Morgan fingerprint density at radius 1 is 1.16 bits per heavy atom. The molecule has 0 radical (unpaired) electrons. The summed E-state index contributed by atoms with van der Waals surface area (Å²) in [6.45, 7) is -0.00226. The molecule has 2 aromatic rings. The summed E-state index contributed by atoms with van der Waals surface area (Å²) >= 11 is 12.5. The highest BCUT2D eigenvalue weighted by atomic mass is 35.5. The van der Waals surface area contributed by atoms with Crippen LogP contribution in [0.2, 0.25) is 5.02 Å². The fourth-order valence-corrected chi connectivity index (χ4v) is 4.21. The molecule has 0 spiro atoms. The molecule has 0 unspecified atom stereocenters. The Kier molecular flexibility index (Phi) is 7.57. The van der Waals surface area contributed by atoms with E-state index in [0.717, 1.165) is 11.8 Å². The number of rotatable bonds is 6. The number of nitro groups is 1. The molecule has 1 heterocycles. The van der Waals surface area contributed by atoms with Crippen LogP contribution in [0, 0.1) is 10.1 Å². The molecule has 0 saturated carbocycles. The smallest absolute Gasteiger partial charge is 0.282 e. The van der Waals surface area contributed by atoms with Crippen LogP contribution in [0.3, 0.4) is 0 Å². The lowest BCUT2D eigenvalue weighted by atomic mass is 10.2. The molecule has 0 bridgehead atoms. The predicted octanol–water partition coefficient (Wildman–Crippen LogP) is 3.30. The van der Waals surface area contributed by atoms with Crippen LogP contribution >= 0.6 is 35.6 Å². The zero-order valence-corrected chi connectivity index (χ0v) is 18.6. The van der Waals surface area contributed by atoms with Crippen LogP contribution in [-0.2, 0) is 9.59 Å². The molecule has 12 heteroatoms. The number of hydrazine groups is 1. The third-order valence-corrected chi connectivity index (χ3v) is 6.01. The average Bonchev–Trinajstić information content (AvgIpc) is 3.04. The van der Waals surface area contributed by atoms with Crippen LogP contribution in [0.25, 0.3) is 6.08 Å². The highest BCUT2D eigenvalue weighted by Gasteiger charge is 2.32. The first-order chi connectivity index (χ1) is 15.3. The number of benzene rings is 2. The van der Waals surface area contributed by atoms with Crippen molar-refractivity contribution in [3.05, 3.63) is 79.7 Å². The van der Waals surface area contributed by atoms with E-state index < -0.39 is 16.7 Å². The summed E-state index contributed by atoms with van der Waals surface area (Å²) in [7, 11) is 0. The fourth-order valence-electron chi connectivity index (χ4n) is 2.72. The van der Waals surface area contributed by atoms with E-state index >= 15 is 0 Å². The molecule has 164 valence electrons. The van der Waals surface area contributed by atoms with Crippen molar-refractivity contribution < 1.29 is 19.3 Å². The lowest BCUT2D eigenvalue weighted by molar-refractivity contribution is -0.385. The number of hydrogen-bond acceptors (Lipinski definition) is 7. The second-order valence-electron chi connectivity index (χ2n) is 6.38. The van der Waals surface area contributed by atoms with Gasteiger partial charge < -0.3 is 0 Å². The number of carbonyl (C=O) groups excluding carboxylic acids is 3. The second-order valence-corrected chi connectivity index (χ2v) is 8.46. The Hall–Kier alpha value is -3.28. The summed E-state index contributed by atoms with van der Waals surface area (Å²) in [5.41, 5.74) is 4.40. The van der Waals surface area contributed by atoms with Crippen molar-refractivity contribution >= 4 is 69.4 Å². The number of carbonyl (C=O) groups is 3. The zero-order valence-electron chi connectivity index (χ0n) is 16.2. The first-order valence-corrected chi connectivity index (χ1v) is 10.7. The molecule has 9 nitrogen and oxygen atoms in total. The van der Waals surface area contributed by atoms with E-state index in [0.29, 0.717) is 19.8 Å². The third kappa shape index (κ3) is 5.49. The van der Waals surface area contributed by atoms with E-state index in [9.17, 15) is 24.5 Å². The Labute approximate surface area is 196 Å². The van der Waals surface area contributed by atoms with Crippen LogP contribution in [-0.4, -0.2) is 38.4 Å². The molecular weight excluding hydrogens is 476 g/mol. The molecule has 0 aromatic heterocycles. The van der Waals surface area contributed by atoms with E-state index in [-0.39, 0.29) is 30.1 Å². The van der Waals surface area contributed by atoms with Gasteiger partial charge in [0, 0.05) is 24.1 Å². The van der Waals surface area contributed by atoms with Crippen LogP contribution in [0.1, 0.15) is 22.3 Å². The van der Waals surface area contributed by atoms with Gasteiger partial charge in [-0.05, 0) is 23.8 Å². The molecule has 2 aromatic carbocycles. The zero-order chi connectivity index (χ0) is 23.3. The van der Waals surface area contributed by atoms with E-state index in [4.69, 9.17) is 23.8 Å². The SMILES string of the molecule is O=C(CCN1C(=O)/C(=C\c2ccccc2Cl)SC1=S)NNC(=O)c1ccccc1[N+](=O)[O-]. The van der Waals surface area contributed by atoms with Gasteiger partial charge in [-0.3, -0.25) is 40.2 Å². The van der Waals surface area contributed by atoms with Crippen molar-refractivity contribution in [2.75, 3.05) is 6.54 Å². The molecule has 0 aliphatic carbocycles. The number of amides is 3. The first-order valence-electron chi connectivity index (χ1n) is 9.10. The van der Waals surface area contributed by atoms with Gasteiger partial charge in [0.25, 0.3) is 17.5 Å². The monoisotopic (exact) mass is 490 g/mol. The molecule has 3 rings (SSSR count). The molecule has 0 atom stereocenters. The van der Waals surface area contributed by atoms with Gasteiger partial charge in [-0.2, -0.15) is 0 Å². The fraction of sp³-hybridized carbons (Fsp3) is 0.100. The van der Waals surface area contributed by atoms with Gasteiger partial charge in [0.1, 0.15) is 9.88 Å². The highest BCUT2D eigenvalue weighted by Crippen LogP contribution is 2.33. The maximum absolute atomic E-state index is 12.6. The summed E-state index contributed by atoms with van der Waals surface area (Å²) in [6, 6.07) is 12.4. The molecule has 1 saturated heterocycles. The van der Waals surface area contributed by atoms with Gasteiger partial charge in [0.05, 0.1) is 9.83 Å². The molecule has 2 N–H and O–H groups in total. The van der Waals surface area contributed by atoms with Crippen LogP contribution < -0.4 is 10.9 Å². The quantitative estimate of drug-likeness (QED) is 0.276. The summed E-state index contributed by atoms with van der Waals surface area (Å²) in [5.74, 6) is -1.78. The Morgan fingerprint density at radius 3 is 2.56 bits per heavy atom. The molecule has 1 aliphatic rings. The summed E-state index contributed by atoms with van der Waals surface area (Å²) in [4.78, 5) is 48.9. The molecule has 32 heavy (non-hydrogen) atoms. The van der Waals surface area contributed by atoms with E-state index in [1.165, 1.54) is 29.2 Å². The standard InChI is InChI=1S/C20H15ClN4O5S2/c21-14-7-3-1-5-12(14)11-16-19(28)24(20(31)32-16)10-9-17(26)22-23-18(27)13-6-2-4-8-15(13)25(29)30/h1-8,11H,9-10H2,(H,22,26)(H,23,27)/b16-11+. The molecular formula is C20H15ClN4O5S2. The predicted molar refractivity (Wildman–Crippen MR) is 125 cm³/mol. The van der Waals surface area contributed by atoms with E-state index in [1.807, 2.05) is 0 Å². The lowest BCUT2D eigenvalue weighted by Gasteiger charge is -2.14. The minimum atomic E-state index is -0.834. The summed E-state index contributed by atoms with van der Waals surface area (Å²) in [5, 5.41) is 11.5. The maximum Gasteiger partial charge on any atom is 0.282 e. The van der Waals surface area contributed by atoms with Gasteiger partial charge in [0.15, 0.2) is 0 Å². The Balaban J connectivity index is 1.55. The summed E-state index contributed by atoms with van der Waals surface area (Å²) < 4.78 is 0.296. The van der Waals surface area contributed by atoms with Gasteiger partial charge >= 0.3 is 0 Å². The van der Waals surface area contributed by atoms with Crippen molar-refractivity contribution in [3.8, 4) is 0 Å². The molecule has 1 aliphatic heterocycles. The number of thioether (sulfide) groups is 1. The number of thiocarbonyl (C=S) groups is 1. The van der Waals surface area contributed by atoms with Crippen molar-refractivity contribution in [1.82, 2.24) is 15.8 Å². The first kappa shape index (κ1) is 23.4. The largest absolute Gasteiger partial charge is 0.292 e. The van der Waals surface area contributed by atoms with Crippen molar-refractivity contribution in [2.45, 2.75) is 6.42 Å². The average molecular weight is 491 g/mol. The second kappa shape index (κ2) is 10.4. The molecule has 3 amide bonds.